The summed E-state index contributed by atoms with van der Waals surface area (Å²) in [6.07, 6.45) is 24.6. The second-order valence-corrected chi connectivity index (χ2v) is 21.0. The Morgan fingerprint density at radius 1 is 0.437 bits per heavy atom. The van der Waals surface area contributed by atoms with Crippen LogP contribution in [0.15, 0.2) is 218 Å². The standard InChI is InChI=1S/2C22H27N5O.C20H25BrN2O.C2H3N3.Cu.HI/c1-3-5-6-18(4-2)17-28-22-13-9-20(10-14-22)25-24-19-7-11-21(12-8-19)27-16-15-23-26-27;1-3-5-6-18(4-2)17-28-22-13-9-20(10-14-22)26-25-19-7-11-21(12-8-19)27-23-15-16-24-27;1-3-5-6-16(4-2)15-24-20-13-11-19(12-14-20)23-22-18-9-7-17(21)8-10-18;1-2-4-5-3-1;;/h2*7-16,18H,3-6,17H2,1-2H3;7-14,16H,3-6,15H2,1-2H3;1-2H,(H,3,4,5);;1H/q;;;;+1;/p-1. The molecular formula is C66H82BrCuIN15O3. The Morgan fingerprint density at radius 3 is 1.05 bits per heavy atom. The zero-order valence-corrected chi connectivity index (χ0v) is 55.4. The van der Waals surface area contributed by atoms with Crippen molar-refractivity contribution < 1.29 is 27.0 Å². The van der Waals surface area contributed by atoms with Crippen LogP contribution in [0.5, 0.6) is 17.2 Å². The number of unbranched alkanes of at least 4 members (excludes halogenated alkanes) is 3. The van der Waals surface area contributed by atoms with Crippen LogP contribution in [0.1, 0.15) is 119 Å². The smallest absolute Gasteiger partial charge is 0.0690 e. The van der Waals surface area contributed by atoms with Gasteiger partial charge in [-0.3, -0.25) is 0 Å². The van der Waals surface area contributed by atoms with Gasteiger partial charge in [-0.2, -0.15) is 61.1 Å². The quantitative estimate of drug-likeness (QED) is 0.0269. The largest absolute Gasteiger partial charge is 0.198 e. The molecule has 0 amide bonds. The predicted molar refractivity (Wildman–Crippen MR) is 356 cm³/mol. The van der Waals surface area contributed by atoms with E-state index in [9.17, 15) is 0 Å². The fourth-order valence-corrected chi connectivity index (χ4v) is 8.47. The topological polar surface area (TPSA) is 205 Å². The first-order valence-corrected chi connectivity index (χ1v) is 33.6. The van der Waals surface area contributed by atoms with Crippen molar-refractivity contribution in [1.82, 2.24) is 45.4 Å². The Balaban J connectivity index is 0.000000225. The van der Waals surface area contributed by atoms with E-state index in [-0.39, 0.29) is 0 Å². The molecule has 0 bridgehead atoms. The number of hydrogen-bond acceptors (Lipinski definition) is 15. The second kappa shape index (κ2) is 43.3. The van der Waals surface area contributed by atoms with Crippen LogP contribution < -0.4 is 14.2 Å². The molecule has 9 aromatic rings. The molecule has 0 radical (unpaired) electrons. The molecule has 0 aliphatic carbocycles. The van der Waals surface area contributed by atoms with Crippen LogP contribution >= 0.6 is 36.3 Å². The van der Waals surface area contributed by atoms with Crippen LogP contribution in [0.25, 0.3) is 11.4 Å². The summed E-state index contributed by atoms with van der Waals surface area (Å²) in [7, 11) is 0. The van der Waals surface area contributed by atoms with Crippen LogP contribution in [-0.2, 0) is 12.8 Å². The van der Waals surface area contributed by atoms with Crippen molar-refractivity contribution in [2.75, 3.05) is 19.8 Å². The van der Waals surface area contributed by atoms with Gasteiger partial charge >= 0.3 is 33.1 Å². The van der Waals surface area contributed by atoms with Gasteiger partial charge in [0.25, 0.3) is 0 Å². The molecular weight excluding hydrogens is 1320 g/mol. The zero-order valence-electron chi connectivity index (χ0n) is 50.7. The summed E-state index contributed by atoms with van der Waals surface area (Å²) in [6.45, 7) is 15.7. The predicted octanol–water partition coefficient (Wildman–Crippen LogP) is 20.7. The number of aromatic amines is 1. The molecule has 3 unspecified atom stereocenters. The molecule has 3 atom stereocenters. The van der Waals surface area contributed by atoms with Gasteiger partial charge in [0.15, 0.2) is 0 Å². The molecule has 6 aromatic carbocycles. The molecule has 0 saturated heterocycles. The first-order chi connectivity index (χ1) is 42.8. The Labute approximate surface area is 541 Å². The normalized spacial score (nSPS) is 11.9. The van der Waals surface area contributed by atoms with E-state index >= 15 is 0 Å². The molecule has 18 nitrogen and oxygen atoms in total. The second-order valence-electron chi connectivity index (χ2n) is 20.1. The number of nitrogens with zero attached hydrogens (tertiary/aromatic N) is 14. The molecule has 1 N–H and O–H groups in total. The van der Waals surface area contributed by atoms with Gasteiger partial charge in [-0.25, -0.2) is 4.68 Å². The molecule has 9 rings (SSSR count). The third-order valence-electron chi connectivity index (χ3n) is 13.6. The van der Waals surface area contributed by atoms with Crippen LogP contribution in [0.3, 0.4) is 0 Å². The molecule has 0 fully saturated rings. The minimum Gasteiger partial charge on any atom is -0.198 e. The van der Waals surface area contributed by atoms with E-state index in [1.54, 1.807) is 67.0 Å². The van der Waals surface area contributed by atoms with Gasteiger partial charge in [-0.05, 0) is 183 Å². The molecule has 3 heterocycles. The molecule has 87 heavy (non-hydrogen) atoms. The van der Waals surface area contributed by atoms with Gasteiger partial charge in [-0.1, -0.05) is 120 Å². The van der Waals surface area contributed by atoms with E-state index in [4.69, 9.17) is 14.2 Å². The van der Waals surface area contributed by atoms with Gasteiger partial charge in [0.05, 0.1) is 103 Å². The third kappa shape index (κ3) is 28.4. The number of azo groups is 3. The number of ether oxygens (including phenoxy) is 3. The summed E-state index contributed by atoms with van der Waals surface area (Å²) >= 11 is 9.28. The number of H-pyrrole nitrogens is 1. The fourth-order valence-electron chi connectivity index (χ4n) is 8.20. The summed E-state index contributed by atoms with van der Waals surface area (Å²) in [6, 6.07) is 46.3. The monoisotopic (exact) mass is 1400 g/mol. The average molecular weight is 1400 g/mol. The third-order valence-corrected chi connectivity index (χ3v) is 14.2. The van der Waals surface area contributed by atoms with Crippen molar-refractivity contribution in [3.8, 4) is 28.6 Å². The Bertz CT molecular complexity index is 3030. The summed E-state index contributed by atoms with van der Waals surface area (Å²) in [4.78, 5) is 1.56. The van der Waals surface area contributed by atoms with Crippen molar-refractivity contribution in [3.05, 3.63) is 187 Å². The number of rotatable bonds is 29. The summed E-state index contributed by atoms with van der Waals surface area (Å²) < 4.78 is 20.5. The van der Waals surface area contributed by atoms with Crippen molar-refractivity contribution in [2.45, 2.75) is 119 Å². The van der Waals surface area contributed by atoms with Crippen molar-refractivity contribution in [1.29, 1.82) is 0 Å². The number of aromatic nitrogens is 9. The van der Waals surface area contributed by atoms with Crippen molar-refractivity contribution in [3.63, 3.8) is 0 Å². The molecule has 3 aromatic heterocycles. The van der Waals surface area contributed by atoms with Crippen molar-refractivity contribution >= 4 is 70.4 Å². The summed E-state index contributed by atoms with van der Waals surface area (Å²) in [5, 5.41) is 51.0. The molecule has 0 saturated carbocycles. The van der Waals surface area contributed by atoms with Gasteiger partial charge in [0.2, 0.25) is 0 Å². The van der Waals surface area contributed by atoms with Gasteiger partial charge in [0, 0.05) is 4.47 Å². The van der Waals surface area contributed by atoms with Crippen molar-refractivity contribution in [2.24, 2.45) is 48.4 Å². The molecule has 0 spiro atoms. The van der Waals surface area contributed by atoms with E-state index in [2.05, 4.69) is 137 Å². The maximum Gasteiger partial charge on any atom is 0.0690 e. The number of hydrogen-bond donors (Lipinski definition) is 1. The summed E-state index contributed by atoms with van der Waals surface area (Å²) in [5.41, 5.74) is 6.62. The average Bonchev–Trinajstić information content (AvgIpc) is 4.67. The van der Waals surface area contributed by atoms with E-state index in [1.165, 1.54) is 64.2 Å². The number of benzene rings is 6. The van der Waals surface area contributed by atoms with E-state index in [1.807, 2.05) is 146 Å². The van der Waals surface area contributed by atoms with Gasteiger partial charge < -0.3 is 14.2 Å². The Kier molecular flexibility index (Phi) is 35.1. The number of halogens is 2. The minimum atomic E-state index is 0.624. The van der Waals surface area contributed by atoms with E-state index < -0.39 is 0 Å². The number of nitrogens with one attached hydrogen (secondary N) is 1. The molecule has 21 heteroatoms. The van der Waals surface area contributed by atoms with Crippen LogP contribution in [0, 0.1) is 17.8 Å². The first kappa shape index (κ1) is 70.4. The minimum absolute atomic E-state index is 0.624. The van der Waals surface area contributed by atoms with Crippen LogP contribution in [0.4, 0.5) is 34.1 Å². The molecule has 0 aliphatic heterocycles. The Morgan fingerprint density at radius 2 is 0.759 bits per heavy atom. The van der Waals surface area contributed by atoms with Gasteiger partial charge in [-0.15, -0.1) is 5.10 Å². The van der Waals surface area contributed by atoms with Crippen LogP contribution in [-0.4, -0.2) is 65.2 Å². The Hall–Kier alpha value is -7.33. The SMILES string of the molecule is CCCCC(CC)COc1ccc(N=Nc2ccc(-n3ccnn3)cc2)cc1.CCCCC(CC)COc1ccc(N=Nc2ccc(-n3nccn3)cc2)cc1.CCCCC(CC)COc1ccc(N=Nc2ccc(Br)cc2)cc1.[Cu][I].c1cn[nH]n1. The maximum absolute atomic E-state index is 5.94. The first-order valence-electron chi connectivity index (χ1n) is 29.8. The van der Waals surface area contributed by atoms with Gasteiger partial charge in [0.1, 0.15) is 17.2 Å². The van der Waals surface area contributed by atoms with E-state index in [0.717, 1.165) is 99.9 Å². The summed E-state index contributed by atoms with van der Waals surface area (Å²) in [5.74, 6) is 4.55. The zero-order chi connectivity index (χ0) is 61.9. The maximum atomic E-state index is 5.94. The molecule has 0 aliphatic rings. The molecule has 464 valence electrons. The fraction of sp³-hybridized carbons (Fsp3) is 0.364. The van der Waals surface area contributed by atoms with E-state index in [0.29, 0.717) is 17.8 Å². The van der Waals surface area contributed by atoms with Crippen LogP contribution in [0.2, 0.25) is 0 Å².